The standard InChI is InChI=1S/C19H25NO/c1-3-6-15-9-11-16(12-10-15)19(20)17-7-5-8-18(14-17)21-13-4-2/h5,7-12,14,19H,3-4,6,13,20H2,1-2H3. The van der Waals surface area contributed by atoms with Gasteiger partial charge in [-0.2, -0.15) is 0 Å². The first kappa shape index (κ1) is 15.6. The summed E-state index contributed by atoms with van der Waals surface area (Å²) in [5.74, 6) is 0.896. The summed E-state index contributed by atoms with van der Waals surface area (Å²) >= 11 is 0. The SMILES string of the molecule is CCCOc1cccc(C(N)c2ccc(CCC)cc2)c1. The van der Waals surface area contributed by atoms with Crippen LogP contribution in [0.3, 0.4) is 0 Å². The fourth-order valence-corrected chi connectivity index (χ4v) is 2.39. The van der Waals surface area contributed by atoms with Gasteiger partial charge in [0, 0.05) is 0 Å². The quantitative estimate of drug-likeness (QED) is 0.813. The van der Waals surface area contributed by atoms with Gasteiger partial charge in [-0.15, -0.1) is 0 Å². The molecule has 112 valence electrons. The summed E-state index contributed by atoms with van der Waals surface area (Å²) in [6, 6.07) is 16.6. The number of nitrogens with two attached hydrogens (primary N) is 1. The molecule has 0 radical (unpaired) electrons. The van der Waals surface area contributed by atoms with E-state index in [1.807, 2.05) is 18.2 Å². The maximum absolute atomic E-state index is 6.38. The maximum atomic E-state index is 6.38. The Bertz CT molecular complexity index is 548. The smallest absolute Gasteiger partial charge is 0.119 e. The maximum Gasteiger partial charge on any atom is 0.119 e. The van der Waals surface area contributed by atoms with E-state index in [-0.39, 0.29) is 6.04 Å². The van der Waals surface area contributed by atoms with Crippen molar-refractivity contribution in [3.8, 4) is 5.75 Å². The van der Waals surface area contributed by atoms with Gasteiger partial charge in [-0.1, -0.05) is 56.7 Å². The van der Waals surface area contributed by atoms with E-state index < -0.39 is 0 Å². The van der Waals surface area contributed by atoms with Gasteiger partial charge in [0.2, 0.25) is 0 Å². The van der Waals surface area contributed by atoms with Crippen LogP contribution in [0.25, 0.3) is 0 Å². The fourth-order valence-electron chi connectivity index (χ4n) is 2.39. The minimum atomic E-state index is -0.106. The Balaban J connectivity index is 2.13. The van der Waals surface area contributed by atoms with E-state index in [2.05, 4.69) is 44.2 Å². The lowest BCUT2D eigenvalue weighted by atomic mass is 9.97. The number of rotatable bonds is 7. The van der Waals surface area contributed by atoms with Gasteiger partial charge in [-0.25, -0.2) is 0 Å². The van der Waals surface area contributed by atoms with Crippen molar-refractivity contribution in [2.75, 3.05) is 6.61 Å². The van der Waals surface area contributed by atoms with Crippen molar-refractivity contribution in [3.63, 3.8) is 0 Å². The first-order chi connectivity index (χ1) is 10.2. The van der Waals surface area contributed by atoms with Crippen LogP contribution < -0.4 is 10.5 Å². The fraction of sp³-hybridized carbons (Fsp3) is 0.368. The summed E-state index contributed by atoms with van der Waals surface area (Å²) in [6.07, 6.45) is 3.30. The van der Waals surface area contributed by atoms with E-state index in [1.54, 1.807) is 0 Å². The lowest BCUT2D eigenvalue weighted by molar-refractivity contribution is 0.317. The van der Waals surface area contributed by atoms with Gasteiger partial charge >= 0.3 is 0 Å². The molecule has 0 heterocycles. The molecule has 0 saturated carbocycles. The van der Waals surface area contributed by atoms with Crippen molar-refractivity contribution in [2.45, 2.75) is 39.2 Å². The molecule has 1 atom stereocenters. The summed E-state index contributed by atoms with van der Waals surface area (Å²) in [6.45, 7) is 5.04. The first-order valence-electron chi connectivity index (χ1n) is 7.81. The van der Waals surface area contributed by atoms with Crippen LogP contribution in [0.2, 0.25) is 0 Å². The van der Waals surface area contributed by atoms with Gasteiger partial charge in [-0.05, 0) is 41.7 Å². The summed E-state index contributed by atoms with van der Waals surface area (Å²) in [5, 5.41) is 0. The van der Waals surface area contributed by atoms with E-state index in [0.29, 0.717) is 0 Å². The molecule has 2 aromatic carbocycles. The normalized spacial score (nSPS) is 12.1. The van der Waals surface area contributed by atoms with E-state index in [0.717, 1.165) is 36.3 Å². The molecule has 0 spiro atoms. The van der Waals surface area contributed by atoms with Crippen molar-refractivity contribution in [3.05, 3.63) is 65.2 Å². The van der Waals surface area contributed by atoms with Gasteiger partial charge in [0.15, 0.2) is 0 Å². The monoisotopic (exact) mass is 283 g/mol. The molecule has 0 aliphatic carbocycles. The van der Waals surface area contributed by atoms with Crippen molar-refractivity contribution in [1.82, 2.24) is 0 Å². The number of benzene rings is 2. The van der Waals surface area contributed by atoms with Crippen molar-refractivity contribution >= 4 is 0 Å². The molecule has 2 nitrogen and oxygen atoms in total. The molecule has 21 heavy (non-hydrogen) atoms. The topological polar surface area (TPSA) is 35.2 Å². The predicted molar refractivity (Wildman–Crippen MR) is 88.7 cm³/mol. The highest BCUT2D eigenvalue weighted by Gasteiger charge is 2.09. The van der Waals surface area contributed by atoms with Gasteiger partial charge in [0.25, 0.3) is 0 Å². The molecule has 2 rings (SSSR count). The summed E-state index contributed by atoms with van der Waals surface area (Å²) in [4.78, 5) is 0. The number of hydrogen-bond donors (Lipinski definition) is 1. The minimum Gasteiger partial charge on any atom is -0.494 e. The van der Waals surface area contributed by atoms with Crippen LogP contribution in [0.15, 0.2) is 48.5 Å². The third kappa shape index (κ3) is 4.33. The molecule has 2 aromatic rings. The van der Waals surface area contributed by atoms with Crippen molar-refractivity contribution in [2.24, 2.45) is 5.73 Å². The third-order valence-corrected chi connectivity index (χ3v) is 3.57. The molecule has 0 fully saturated rings. The summed E-state index contributed by atoms with van der Waals surface area (Å²) < 4.78 is 5.68. The van der Waals surface area contributed by atoms with E-state index in [4.69, 9.17) is 10.5 Å². The zero-order valence-corrected chi connectivity index (χ0v) is 13.0. The second kappa shape index (κ2) is 7.84. The Kier molecular flexibility index (Phi) is 5.82. The highest BCUT2D eigenvalue weighted by Crippen LogP contribution is 2.24. The van der Waals surface area contributed by atoms with Crippen LogP contribution >= 0.6 is 0 Å². The van der Waals surface area contributed by atoms with Crippen LogP contribution in [-0.4, -0.2) is 6.61 Å². The summed E-state index contributed by atoms with van der Waals surface area (Å²) in [7, 11) is 0. The lowest BCUT2D eigenvalue weighted by Crippen LogP contribution is -2.12. The molecular formula is C19H25NO. The van der Waals surface area contributed by atoms with Crippen LogP contribution in [0.5, 0.6) is 5.75 Å². The predicted octanol–water partition coefficient (Wildman–Crippen LogP) is 4.48. The molecule has 0 aliphatic heterocycles. The number of aryl methyl sites for hydroxylation is 1. The van der Waals surface area contributed by atoms with Gasteiger partial charge < -0.3 is 10.5 Å². The zero-order valence-electron chi connectivity index (χ0n) is 13.0. The van der Waals surface area contributed by atoms with Gasteiger partial charge in [0.05, 0.1) is 12.6 Å². The number of ether oxygens (including phenoxy) is 1. The highest BCUT2D eigenvalue weighted by atomic mass is 16.5. The van der Waals surface area contributed by atoms with Gasteiger partial charge in [-0.3, -0.25) is 0 Å². The molecule has 0 bridgehead atoms. The minimum absolute atomic E-state index is 0.106. The Morgan fingerprint density at radius 2 is 1.71 bits per heavy atom. The van der Waals surface area contributed by atoms with E-state index >= 15 is 0 Å². The van der Waals surface area contributed by atoms with Crippen molar-refractivity contribution in [1.29, 1.82) is 0 Å². The molecule has 2 N–H and O–H groups in total. The van der Waals surface area contributed by atoms with E-state index in [9.17, 15) is 0 Å². The van der Waals surface area contributed by atoms with Crippen LogP contribution in [0.4, 0.5) is 0 Å². The summed E-state index contributed by atoms with van der Waals surface area (Å²) in [5.41, 5.74) is 9.98. The number of hydrogen-bond acceptors (Lipinski definition) is 2. The Hall–Kier alpha value is -1.80. The average molecular weight is 283 g/mol. The van der Waals surface area contributed by atoms with Gasteiger partial charge in [0.1, 0.15) is 5.75 Å². The molecule has 0 saturated heterocycles. The highest BCUT2D eigenvalue weighted by molar-refractivity contribution is 5.37. The molecule has 0 amide bonds. The van der Waals surface area contributed by atoms with Crippen molar-refractivity contribution < 1.29 is 4.74 Å². The van der Waals surface area contributed by atoms with Crippen LogP contribution in [0, 0.1) is 0 Å². The van der Waals surface area contributed by atoms with Crippen LogP contribution in [-0.2, 0) is 6.42 Å². The van der Waals surface area contributed by atoms with Crippen LogP contribution in [0.1, 0.15) is 49.4 Å². The Morgan fingerprint density at radius 3 is 2.38 bits per heavy atom. The molecule has 0 aliphatic rings. The lowest BCUT2D eigenvalue weighted by Gasteiger charge is -2.14. The molecule has 2 heteroatoms. The molecule has 1 unspecified atom stereocenters. The molecular weight excluding hydrogens is 258 g/mol. The van der Waals surface area contributed by atoms with E-state index in [1.165, 1.54) is 12.0 Å². The average Bonchev–Trinajstić information content (AvgIpc) is 2.53. The zero-order chi connectivity index (χ0) is 15.1. The Morgan fingerprint density at radius 1 is 0.952 bits per heavy atom. The second-order valence-electron chi connectivity index (χ2n) is 5.39. The molecule has 0 aromatic heterocycles. The largest absolute Gasteiger partial charge is 0.494 e. The second-order valence-corrected chi connectivity index (χ2v) is 5.39. The third-order valence-electron chi connectivity index (χ3n) is 3.57. The Labute approximate surface area is 127 Å². The first-order valence-corrected chi connectivity index (χ1v) is 7.81.